The molecule has 0 unspecified atom stereocenters. The lowest BCUT2D eigenvalue weighted by Gasteiger charge is -2.09. The number of ether oxygens (including phenoxy) is 2. The van der Waals surface area contributed by atoms with Gasteiger partial charge in [-0.2, -0.15) is 0 Å². The van der Waals surface area contributed by atoms with E-state index in [1.54, 1.807) is 31.4 Å². The Morgan fingerprint density at radius 1 is 1.26 bits per heavy atom. The van der Waals surface area contributed by atoms with Crippen LogP contribution >= 0.6 is 0 Å². The third kappa shape index (κ3) is 5.73. The maximum absolute atomic E-state index is 12.1. The van der Waals surface area contributed by atoms with Crippen LogP contribution in [-0.2, 0) is 16.1 Å². The summed E-state index contributed by atoms with van der Waals surface area (Å²) < 4.78 is 10.6. The van der Waals surface area contributed by atoms with E-state index in [2.05, 4.69) is 11.2 Å². The van der Waals surface area contributed by atoms with Crippen molar-refractivity contribution in [1.82, 2.24) is 0 Å². The highest BCUT2D eigenvalue weighted by atomic mass is 16.5. The number of benzene rings is 2. The molecule has 2 N–H and O–H groups in total. The number of terminal acetylenes is 1. The molecular formula is C21H19NO5. The van der Waals surface area contributed by atoms with Crippen LogP contribution in [0.15, 0.2) is 48.5 Å². The normalized spacial score (nSPS) is 10.4. The maximum Gasteiger partial charge on any atom is 0.337 e. The molecule has 6 heteroatoms. The Bertz CT molecular complexity index is 896. The number of amides is 1. The molecule has 0 atom stereocenters. The number of carbonyl (C=O) groups excluding carboxylic acids is 1. The summed E-state index contributed by atoms with van der Waals surface area (Å²) in [6.45, 7) is 0.534. The zero-order valence-electron chi connectivity index (χ0n) is 14.8. The van der Waals surface area contributed by atoms with Gasteiger partial charge in [0, 0.05) is 11.6 Å². The van der Waals surface area contributed by atoms with Crippen LogP contribution in [0, 0.1) is 12.3 Å². The lowest BCUT2D eigenvalue weighted by atomic mass is 10.1. The van der Waals surface area contributed by atoms with Crippen molar-refractivity contribution in [1.29, 1.82) is 0 Å². The lowest BCUT2D eigenvalue weighted by molar-refractivity contribution is -0.111. The minimum Gasteiger partial charge on any atom is -0.496 e. The van der Waals surface area contributed by atoms with E-state index < -0.39 is 11.9 Å². The molecule has 1 amide bonds. The molecule has 0 saturated carbocycles. The van der Waals surface area contributed by atoms with Gasteiger partial charge in [0.1, 0.15) is 12.4 Å². The first-order valence-corrected chi connectivity index (χ1v) is 8.04. The van der Waals surface area contributed by atoms with Crippen molar-refractivity contribution in [2.75, 3.05) is 19.0 Å². The van der Waals surface area contributed by atoms with Gasteiger partial charge in [0.05, 0.1) is 25.0 Å². The van der Waals surface area contributed by atoms with Crippen LogP contribution in [0.1, 0.15) is 21.5 Å². The van der Waals surface area contributed by atoms with Crippen molar-refractivity contribution < 1.29 is 24.2 Å². The molecule has 2 aromatic carbocycles. The minimum absolute atomic E-state index is 0.0252. The number of para-hydroxylation sites is 1. The summed E-state index contributed by atoms with van der Waals surface area (Å²) >= 11 is 0. The third-order valence-corrected chi connectivity index (χ3v) is 3.60. The summed E-state index contributed by atoms with van der Waals surface area (Å²) in [5.41, 5.74) is 1.84. The molecule has 0 aromatic heterocycles. The van der Waals surface area contributed by atoms with Crippen LogP contribution in [0.3, 0.4) is 0 Å². The Hall–Kier alpha value is -3.56. The van der Waals surface area contributed by atoms with Crippen molar-refractivity contribution in [3.05, 3.63) is 65.2 Å². The van der Waals surface area contributed by atoms with E-state index in [4.69, 9.17) is 21.0 Å². The van der Waals surface area contributed by atoms with Crippen LogP contribution in [0.4, 0.5) is 5.69 Å². The molecule has 2 rings (SSSR count). The zero-order chi connectivity index (χ0) is 19.6. The molecule has 0 heterocycles. The quantitative estimate of drug-likeness (QED) is 0.426. The molecule has 27 heavy (non-hydrogen) atoms. The van der Waals surface area contributed by atoms with Crippen LogP contribution in [0.5, 0.6) is 5.75 Å². The fourth-order valence-corrected chi connectivity index (χ4v) is 2.33. The van der Waals surface area contributed by atoms with E-state index >= 15 is 0 Å². The van der Waals surface area contributed by atoms with Crippen molar-refractivity contribution in [3.8, 4) is 18.1 Å². The van der Waals surface area contributed by atoms with Crippen LogP contribution in [-0.4, -0.2) is 30.7 Å². The highest BCUT2D eigenvalue weighted by Crippen LogP contribution is 2.22. The number of nitrogens with one attached hydrogen (secondary N) is 1. The first-order chi connectivity index (χ1) is 13.0. The molecule has 0 fully saturated rings. The van der Waals surface area contributed by atoms with E-state index in [1.807, 2.05) is 12.1 Å². The molecule has 0 saturated heterocycles. The number of aromatic carboxylic acids is 1. The average Bonchev–Trinajstić information content (AvgIpc) is 2.67. The van der Waals surface area contributed by atoms with E-state index in [0.29, 0.717) is 12.4 Å². The second-order valence-electron chi connectivity index (χ2n) is 5.44. The highest BCUT2D eigenvalue weighted by molar-refractivity contribution is 6.06. The Morgan fingerprint density at radius 2 is 2.04 bits per heavy atom. The molecular weight excluding hydrogens is 346 g/mol. The average molecular weight is 365 g/mol. The molecule has 0 aliphatic carbocycles. The number of carboxylic acid groups (broad SMARTS) is 1. The van der Waals surface area contributed by atoms with Crippen molar-refractivity contribution in [2.24, 2.45) is 0 Å². The predicted octanol–water partition coefficient (Wildman–Crippen LogP) is 3.20. The molecule has 0 radical (unpaired) electrons. The van der Waals surface area contributed by atoms with Crippen LogP contribution in [0.2, 0.25) is 0 Å². The van der Waals surface area contributed by atoms with Crippen molar-refractivity contribution >= 4 is 23.6 Å². The van der Waals surface area contributed by atoms with Gasteiger partial charge < -0.3 is 19.9 Å². The van der Waals surface area contributed by atoms with Gasteiger partial charge in [-0.25, -0.2) is 4.79 Å². The number of hydrogen-bond acceptors (Lipinski definition) is 4. The van der Waals surface area contributed by atoms with Gasteiger partial charge in [0.25, 0.3) is 0 Å². The fourth-order valence-electron chi connectivity index (χ4n) is 2.33. The SMILES string of the molecule is C#CCOCc1ccc(C=CC(=O)Nc2ccccc2C(=O)O)cc1OC. The van der Waals surface area contributed by atoms with Gasteiger partial charge in [-0.15, -0.1) is 6.42 Å². The molecule has 138 valence electrons. The summed E-state index contributed by atoms with van der Waals surface area (Å²) in [6.07, 6.45) is 8.08. The van der Waals surface area contributed by atoms with Gasteiger partial charge in [0.2, 0.25) is 5.91 Å². The first-order valence-electron chi connectivity index (χ1n) is 8.04. The van der Waals surface area contributed by atoms with Crippen LogP contribution in [0.25, 0.3) is 6.08 Å². The second kappa shape index (κ2) is 9.80. The van der Waals surface area contributed by atoms with Gasteiger partial charge >= 0.3 is 5.97 Å². The van der Waals surface area contributed by atoms with Gasteiger partial charge in [-0.1, -0.05) is 30.2 Å². The van der Waals surface area contributed by atoms with Crippen molar-refractivity contribution in [3.63, 3.8) is 0 Å². The van der Waals surface area contributed by atoms with Crippen LogP contribution < -0.4 is 10.1 Å². The summed E-state index contributed by atoms with van der Waals surface area (Å²) in [5, 5.41) is 11.7. The van der Waals surface area contributed by atoms with Gasteiger partial charge in [-0.3, -0.25) is 4.79 Å². The fraction of sp³-hybridized carbons (Fsp3) is 0.143. The number of rotatable bonds is 8. The number of carboxylic acids is 1. The van der Waals surface area contributed by atoms with E-state index in [0.717, 1.165) is 11.1 Å². The zero-order valence-corrected chi connectivity index (χ0v) is 14.8. The summed E-state index contributed by atoms with van der Waals surface area (Å²) in [7, 11) is 1.54. The molecule has 6 nitrogen and oxygen atoms in total. The van der Waals surface area contributed by atoms with E-state index in [9.17, 15) is 9.59 Å². The smallest absolute Gasteiger partial charge is 0.337 e. The van der Waals surface area contributed by atoms with E-state index in [-0.39, 0.29) is 17.9 Å². The molecule has 0 aliphatic rings. The summed E-state index contributed by atoms with van der Waals surface area (Å²) in [5.74, 6) is 1.46. The number of methoxy groups -OCH3 is 1. The largest absolute Gasteiger partial charge is 0.496 e. The minimum atomic E-state index is -1.11. The van der Waals surface area contributed by atoms with Gasteiger partial charge in [0.15, 0.2) is 0 Å². The maximum atomic E-state index is 12.1. The Balaban J connectivity index is 2.08. The highest BCUT2D eigenvalue weighted by Gasteiger charge is 2.10. The standard InChI is InChI=1S/C21H19NO5/c1-3-12-27-14-16-10-8-15(13-19(16)26-2)9-11-20(23)22-18-7-5-4-6-17(18)21(24)25/h1,4-11,13H,12,14H2,2H3,(H,22,23)(H,24,25). The lowest BCUT2D eigenvalue weighted by Crippen LogP contribution is -2.11. The summed E-state index contributed by atoms with van der Waals surface area (Å²) in [6, 6.07) is 11.6. The van der Waals surface area contributed by atoms with E-state index in [1.165, 1.54) is 18.2 Å². The Labute approximate surface area is 157 Å². The topological polar surface area (TPSA) is 84.9 Å². The first kappa shape index (κ1) is 19.8. The Kier molecular flexibility index (Phi) is 7.17. The Morgan fingerprint density at radius 3 is 2.74 bits per heavy atom. The van der Waals surface area contributed by atoms with Gasteiger partial charge in [-0.05, 0) is 29.8 Å². The number of anilines is 1. The molecule has 2 aromatic rings. The number of hydrogen-bond donors (Lipinski definition) is 2. The third-order valence-electron chi connectivity index (χ3n) is 3.60. The summed E-state index contributed by atoms with van der Waals surface area (Å²) in [4.78, 5) is 23.3. The molecule has 0 spiro atoms. The van der Waals surface area contributed by atoms with Crippen molar-refractivity contribution in [2.45, 2.75) is 6.61 Å². The number of carbonyl (C=O) groups is 2. The predicted molar refractivity (Wildman–Crippen MR) is 103 cm³/mol. The monoisotopic (exact) mass is 365 g/mol. The molecule has 0 aliphatic heterocycles. The molecule has 0 bridgehead atoms. The second-order valence-corrected chi connectivity index (χ2v) is 5.44.